The van der Waals surface area contributed by atoms with Gasteiger partial charge in [-0.25, -0.2) is 4.98 Å². The highest BCUT2D eigenvalue weighted by molar-refractivity contribution is 7.09. The fourth-order valence-electron chi connectivity index (χ4n) is 1.52. The third-order valence-corrected chi connectivity index (χ3v) is 3.47. The number of morpholine rings is 1. The van der Waals surface area contributed by atoms with Gasteiger partial charge in [0.05, 0.1) is 24.9 Å². The topological polar surface area (TPSA) is 34.1 Å². The van der Waals surface area contributed by atoms with E-state index in [0.29, 0.717) is 6.04 Å². The summed E-state index contributed by atoms with van der Waals surface area (Å²) < 4.78 is 5.44. The number of hydrogen-bond donors (Lipinski definition) is 1. The van der Waals surface area contributed by atoms with Gasteiger partial charge in [0.25, 0.3) is 0 Å². The molecule has 1 unspecified atom stereocenters. The van der Waals surface area contributed by atoms with Crippen molar-refractivity contribution in [1.82, 2.24) is 10.3 Å². The number of halogens is 1. The van der Waals surface area contributed by atoms with Gasteiger partial charge in [-0.2, -0.15) is 0 Å². The minimum absolute atomic E-state index is 0. The Morgan fingerprint density at radius 1 is 1.50 bits per heavy atom. The zero-order valence-corrected chi connectivity index (χ0v) is 11.6. The van der Waals surface area contributed by atoms with Gasteiger partial charge >= 0.3 is 0 Å². The van der Waals surface area contributed by atoms with E-state index in [1.54, 1.807) is 11.3 Å². The standard InChI is InChI=1S/C11H18N2OS.ClH/c1-11(2,3)9-7-15-10(13-9)8-6-14-5-4-12-8;/h7-8,12H,4-6H2,1-3H3;1H. The van der Waals surface area contributed by atoms with Gasteiger partial charge in [-0.3, -0.25) is 0 Å². The predicted molar refractivity (Wildman–Crippen MR) is 69.6 cm³/mol. The minimum Gasteiger partial charge on any atom is -0.378 e. The summed E-state index contributed by atoms with van der Waals surface area (Å²) in [4.78, 5) is 4.68. The van der Waals surface area contributed by atoms with E-state index >= 15 is 0 Å². The van der Waals surface area contributed by atoms with Crippen LogP contribution in [0.25, 0.3) is 0 Å². The first-order valence-corrected chi connectivity index (χ1v) is 6.22. The lowest BCUT2D eigenvalue weighted by molar-refractivity contribution is 0.0767. The molecule has 1 aliphatic rings. The molecule has 2 rings (SSSR count). The molecule has 3 nitrogen and oxygen atoms in total. The molecule has 5 heteroatoms. The molecule has 16 heavy (non-hydrogen) atoms. The van der Waals surface area contributed by atoms with E-state index in [0.717, 1.165) is 24.8 Å². The molecular weight excluding hydrogens is 244 g/mol. The van der Waals surface area contributed by atoms with Gasteiger partial charge in [0.2, 0.25) is 0 Å². The largest absolute Gasteiger partial charge is 0.378 e. The molecular formula is C11H19ClN2OS. The molecule has 1 fully saturated rings. The van der Waals surface area contributed by atoms with Crippen molar-refractivity contribution in [3.05, 3.63) is 16.1 Å². The van der Waals surface area contributed by atoms with E-state index in [9.17, 15) is 0 Å². The molecule has 1 N–H and O–H groups in total. The Bertz CT molecular complexity index is 329. The van der Waals surface area contributed by atoms with Gasteiger partial charge in [0.15, 0.2) is 0 Å². The summed E-state index contributed by atoms with van der Waals surface area (Å²) in [7, 11) is 0. The first-order chi connectivity index (χ1) is 7.07. The first kappa shape index (κ1) is 13.9. The van der Waals surface area contributed by atoms with Gasteiger partial charge < -0.3 is 10.1 Å². The third kappa shape index (κ3) is 3.17. The van der Waals surface area contributed by atoms with Crippen LogP contribution in [-0.2, 0) is 10.2 Å². The lowest BCUT2D eigenvalue weighted by Gasteiger charge is -2.22. The summed E-state index contributed by atoms with van der Waals surface area (Å²) in [5.74, 6) is 0. The van der Waals surface area contributed by atoms with Crippen LogP contribution in [0, 0.1) is 0 Å². The molecule has 0 aliphatic carbocycles. The van der Waals surface area contributed by atoms with Crippen molar-refractivity contribution in [3.63, 3.8) is 0 Å². The SMILES string of the molecule is CC(C)(C)c1csc(C2COCCN2)n1.Cl. The van der Waals surface area contributed by atoms with Crippen molar-refractivity contribution in [2.45, 2.75) is 32.2 Å². The van der Waals surface area contributed by atoms with Crippen LogP contribution < -0.4 is 5.32 Å². The summed E-state index contributed by atoms with van der Waals surface area (Å²) in [5, 5.41) is 6.73. The summed E-state index contributed by atoms with van der Waals surface area (Å²) in [5.41, 5.74) is 1.32. The van der Waals surface area contributed by atoms with E-state index in [1.165, 1.54) is 5.69 Å². The van der Waals surface area contributed by atoms with E-state index < -0.39 is 0 Å². The highest BCUT2D eigenvalue weighted by Gasteiger charge is 2.22. The highest BCUT2D eigenvalue weighted by atomic mass is 35.5. The van der Waals surface area contributed by atoms with Crippen molar-refractivity contribution in [2.75, 3.05) is 19.8 Å². The van der Waals surface area contributed by atoms with Crippen LogP contribution in [0.4, 0.5) is 0 Å². The second kappa shape index (κ2) is 5.45. The second-order valence-electron chi connectivity index (χ2n) is 4.90. The van der Waals surface area contributed by atoms with Gasteiger partial charge in [0, 0.05) is 17.3 Å². The fourth-order valence-corrected chi connectivity index (χ4v) is 2.62. The van der Waals surface area contributed by atoms with Gasteiger partial charge in [-0.05, 0) is 0 Å². The Morgan fingerprint density at radius 3 is 2.75 bits per heavy atom. The molecule has 0 spiro atoms. The van der Waals surface area contributed by atoms with Crippen LogP contribution in [0.15, 0.2) is 5.38 Å². The molecule has 1 saturated heterocycles. The smallest absolute Gasteiger partial charge is 0.112 e. The number of nitrogens with zero attached hydrogens (tertiary/aromatic N) is 1. The van der Waals surface area contributed by atoms with E-state index in [2.05, 4.69) is 36.5 Å². The van der Waals surface area contributed by atoms with Crippen molar-refractivity contribution in [3.8, 4) is 0 Å². The molecule has 1 aromatic heterocycles. The normalized spacial score (nSPS) is 21.6. The van der Waals surface area contributed by atoms with Crippen molar-refractivity contribution < 1.29 is 4.74 Å². The van der Waals surface area contributed by atoms with Crippen LogP contribution in [0.3, 0.4) is 0 Å². The molecule has 2 heterocycles. The first-order valence-electron chi connectivity index (χ1n) is 5.34. The highest BCUT2D eigenvalue weighted by Crippen LogP contribution is 2.27. The Hall–Kier alpha value is -0.160. The number of ether oxygens (including phenoxy) is 1. The zero-order chi connectivity index (χ0) is 10.9. The fraction of sp³-hybridized carbons (Fsp3) is 0.727. The summed E-state index contributed by atoms with van der Waals surface area (Å²) in [6, 6.07) is 0.292. The summed E-state index contributed by atoms with van der Waals surface area (Å²) in [6.07, 6.45) is 0. The maximum atomic E-state index is 5.44. The lowest BCUT2D eigenvalue weighted by atomic mass is 9.93. The van der Waals surface area contributed by atoms with Gasteiger partial charge in [0.1, 0.15) is 5.01 Å². The van der Waals surface area contributed by atoms with Gasteiger partial charge in [-0.1, -0.05) is 20.8 Å². The lowest BCUT2D eigenvalue weighted by Crippen LogP contribution is -2.34. The number of aromatic nitrogens is 1. The quantitative estimate of drug-likeness (QED) is 0.845. The molecule has 0 amide bonds. The zero-order valence-electron chi connectivity index (χ0n) is 9.95. The van der Waals surface area contributed by atoms with Crippen LogP contribution in [0.1, 0.15) is 37.5 Å². The number of hydrogen-bond acceptors (Lipinski definition) is 4. The monoisotopic (exact) mass is 262 g/mol. The average Bonchev–Trinajstić information content (AvgIpc) is 2.67. The Morgan fingerprint density at radius 2 is 2.25 bits per heavy atom. The Kier molecular flexibility index (Phi) is 4.73. The van der Waals surface area contributed by atoms with Crippen LogP contribution in [-0.4, -0.2) is 24.7 Å². The number of nitrogens with one attached hydrogen (secondary N) is 1. The Labute approximate surface area is 107 Å². The number of thiazole rings is 1. The molecule has 1 aliphatic heterocycles. The van der Waals surface area contributed by atoms with Crippen LogP contribution in [0.5, 0.6) is 0 Å². The molecule has 1 aromatic rings. The predicted octanol–water partition coefficient (Wildman–Crippen LogP) is 2.52. The van der Waals surface area contributed by atoms with E-state index in [-0.39, 0.29) is 17.8 Å². The van der Waals surface area contributed by atoms with Crippen LogP contribution in [0.2, 0.25) is 0 Å². The average molecular weight is 263 g/mol. The van der Waals surface area contributed by atoms with Crippen molar-refractivity contribution in [2.24, 2.45) is 0 Å². The molecule has 1 atom stereocenters. The van der Waals surface area contributed by atoms with E-state index in [1.807, 2.05) is 0 Å². The van der Waals surface area contributed by atoms with Crippen molar-refractivity contribution >= 4 is 23.7 Å². The molecule has 92 valence electrons. The maximum absolute atomic E-state index is 5.44. The maximum Gasteiger partial charge on any atom is 0.112 e. The molecule has 0 saturated carbocycles. The minimum atomic E-state index is 0. The second-order valence-corrected chi connectivity index (χ2v) is 5.79. The Balaban J connectivity index is 0.00000128. The molecule has 0 bridgehead atoms. The van der Waals surface area contributed by atoms with Crippen LogP contribution >= 0.6 is 23.7 Å². The summed E-state index contributed by atoms with van der Waals surface area (Å²) in [6.45, 7) is 9.06. The van der Waals surface area contributed by atoms with Crippen molar-refractivity contribution in [1.29, 1.82) is 0 Å². The number of rotatable bonds is 1. The summed E-state index contributed by atoms with van der Waals surface area (Å²) >= 11 is 1.73. The van der Waals surface area contributed by atoms with Gasteiger partial charge in [-0.15, -0.1) is 23.7 Å². The molecule has 0 aromatic carbocycles. The third-order valence-electron chi connectivity index (χ3n) is 2.51. The molecule has 0 radical (unpaired) electrons. The van der Waals surface area contributed by atoms with E-state index in [4.69, 9.17) is 4.74 Å².